The number of halogens is 1. The molecule has 40 heavy (non-hydrogen) atoms. The van der Waals surface area contributed by atoms with Gasteiger partial charge in [0.25, 0.3) is 11.8 Å². The van der Waals surface area contributed by atoms with Crippen LogP contribution in [-0.2, 0) is 17.8 Å². The van der Waals surface area contributed by atoms with Crippen molar-refractivity contribution in [1.82, 2.24) is 10.2 Å². The van der Waals surface area contributed by atoms with Crippen LogP contribution in [0.5, 0.6) is 0 Å². The Bertz CT molecular complexity index is 1560. The molecule has 0 fully saturated rings. The maximum absolute atomic E-state index is 13.9. The van der Waals surface area contributed by atoms with Crippen molar-refractivity contribution >= 4 is 34.5 Å². The Kier molecular flexibility index (Phi) is 8.03. The van der Waals surface area contributed by atoms with Crippen molar-refractivity contribution in [1.29, 1.82) is 0 Å². The molecule has 1 heterocycles. The molecule has 0 radical (unpaired) electrons. The van der Waals surface area contributed by atoms with Gasteiger partial charge in [-0.25, -0.2) is 4.39 Å². The first kappa shape index (κ1) is 26.8. The molecule has 1 aliphatic heterocycles. The Morgan fingerprint density at radius 1 is 0.850 bits per heavy atom. The molecule has 2 amide bonds. The first-order valence-electron chi connectivity index (χ1n) is 13.2. The lowest BCUT2D eigenvalue weighted by atomic mass is 9.98. The molecule has 0 saturated heterocycles. The summed E-state index contributed by atoms with van der Waals surface area (Å²) in [4.78, 5) is 27.7. The van der Waals surface area contributed by atoms with E-state index in [0.717, 1.165) is 23.4 Å². The van der Waals surface area contributed by atoms with Gasteiger partial charge in [-0.3, -0.25) is 9.59 Å². The molecule has 0 saturated carbocycles. The van der Waals surface area contributed by atoms with E-state index in [-0.39, 0.29) is 11.8 Å². The topological polar surface area (TPSA) is 73.5 Å². The summed E-state index contributed by atoms with van der Waals surface area (Å²) in [6.07, 6.45) is 0.613. The number of fused-ring (bicyclic) bond motifs is 1. The average Bonchev–Trinajstić information content (AvgIpc) is 3.27. The quantitative estimate of drug-likeness (QED) is 0.238. The minimum Gasteiger partial charge on any atom is -0.354 e. The lowest BCUT2D eigenvalue weighted by Gasteiger charge is -2.17. The standard InChI is InChI=1S/C33H31FN4O2/c1-38(2)21-23-11-14-27(15-12-23)36-31(30-28-16-13-26(34)20-29(28)37-33(30)40)25-10-6-7-22(19-25)17-18-35-32(39)24-8-4-3-5-9-24/h3-16,19-20,36H,17-18,21H2,1-2H3,(H,35,39)(H,37,40)/b31-30-. The number of benzene rings is 4. The number of hydrogen-bond acceptors (Lipinski definition) is 4. The monoisotopic (exact) mass is 534 g/mol. The summed E-state index contributed by atoms with van der Waals surface area (Å²) in [5.41, 5.74) is 6.58. The Balaban J connectivity index is 1.45. The molecule has 3 N–H and O–H groups in total. The second kappa shape index (κ2) is 12.0. The highest BCUT2D eigenvalue weighted by Gasteiger charge is 2.29. The fraction of sp³-hybridized carbons (Fsp3) is 0.152. The minimum atomic E-state index is -0.411. The number of carbonyl (C=O) groups is 2. The molecule has 4 aromatic rings. The SMILES string of the molecule is CN(C)Cc1ccc(N/C(=C2\C(=O)Nc3cc(F)ccc32)c2cccc(CCNC(=O)c3ccccc3)c2)cc1. The fourth-order valence-electron chi connectivity index (χ4n) is 4.77. The van der Waals surface area contributed by atoms with Gasteiger partial charge in [-0.05, 0) is 85.7 Å². The van der Waals surface area contributed by atoms with E-state index < -0.39 is 5.82 Å². The number of hydrogen-bond donors (Lipinski definition) is 3. The number of nitrogens with one attached hydrogen (secondary N) is 3. The van der Waals surface area contributed by atoms with Crippen molar-refractivity contribution in [3.8, 4) is 0 Å². The van der Waals surface area contributed by atoms with Gasteiger partial charge in [-0.2, -0.15) is 0 Å². The number of carbonyl (C=O) groups excluding carboxylic acids is 2. The highest BCUT2D eigenvalue weighted by atomic mass is 19.1. The second-order valence-corrected chi connectivity index (χ2v) is 10.0. The van der Waals surface area contributed by atoms with E-state index >= 15 is 0 Å². The van der Waals surface area contributed by atoms with E-state index in [4.69, 9.17) is 0 Å². The predicted octanol–water partition coefficient (Wildman–Crippen LogP) is 5.79. The Hall–Kier alpha value is -4.75. The predicted molar refractivity (Wildman–Crippen MR) is 158 cm³/mol. The van der Waals surface area contributed by atoms with E-state index in [1.165, 1.54) is 17.7 Å². The van der Waals surface area contributed by atoms with Crippen LogP contribution in [0.4, 0.5) is 15.8 Å². The molecular formula is C33H31FN4O2. The first-order valence-corrected chi connectivity index (χ1v) is 13.2. The average molecular weight is 535 g/mol. The Morgan fingerprint density at radius 2 is 1.60 bits per heavy atom. The van der Waals surface area contributed by atoms with Crippen LogP contribution in [-0.4, -0.2) is 37.4 Å². The fourth-order valence-corrected chi connectivity index (χ4v) is 4.77. The van der Waals surface area contributed by atoms with Crippen molar-refractivity contribution < 1.29 is 14.0 Å². The summed E-state index contributed by atoms with van der Waals surface area (Å²) in [5, 5.41) is 9.24. The normalized spacial score (nSPS) is 13.6. The zero-order valence-electron chi connectivity index (χ0n) is 22.5. The van der Waals surface area contributed by atoms with E-state index in [0.29, 0.717) is 41.1 Å². The molecular weight excluding hydrogens is 503 g/mol. The van der Waals surface area contributed by atoms with Gasteiger partial charge >= 0.3 is 0 Å². The minimum absolute atomic E-state index is 0.120. The van der Waals surface area contributed by atoms with Crippen LogP contribution in [0.3, 0.4) is 0 Å². The lowest BCUT2D eigenvalue weighted by molar-refractivity contribution is -0.110. The molecule has 4 aromatic carbocycles. The molecule has 1 aliphatic rings. The third-order valence-corrected chi connectivity index (χ3v) is 6.65. The molecule has 0 unspecified atom stereocenters. The first-order chi connectivity index (χ1) is 19.4. The van der Waals surface area contributed by atoms with Crippen molar-refractivity contribution in [3.05, 3.63) is 131 Å². The van der Waals surface area contributed by atoms with Gasteiger partial charge in [0.05, 0.1) is 17.0 Å². The third-order valence-electron chi connectivity index (χ3n) is 6.65. The molecule has 7 heteroatoms. The second-order valence-electron chi connectivity index (χ2n) is 10.0. The summed E-state index contributed by atoms with van der Waals surface area (Å²) in [5.74, 6) is -0.830. The third kappa shape index (κ3) is 6.27. The molecule has 0 aromatic heterocycles. The summed E-state index contributed by atoms with van der Waals surface area (Å²) in [6.45, 7) is 1.28. The van der Waals surface area contributed by atoms with Crippen LogP contribution in [0.25, 0.3) is 11.3 Å². The zero-order chi connectivity index (χ0) is 28.1. The van der Waals surface area contributed by atoms with Gasteiger partial charge in [-0.1, -0.05) is 48.5 Å². The number of anilines is 2. The molecule has 0 spiro atoms. The van der Waals surface area contributed by atoms with Crippen LogP contribution >= 0.6 is 0 Å². The van der Waals surface area contributed by atoms with Crippen molar-refractivity contribution in [2.45, 2.75) is 13.0 Å². The van der Waals surface area contributed by atoms with Crippen molar-refractivity contribution in [3.63, 3.8) is 0 Å². The molecule has 5 rings (SSSR count). The number of rotatable bonds is 9. The van der Waals surface area contributed by atoms with Crippen LogP contribution in [0.1, 0.15) is 32.6 Å². The van der Waals surface area contributed by atoms with E-state index in [2.05, 4.69) is 33.0 Å². The molecule has 202 valence electrons. The number of nitrogens with zero attached hydrogens (tertiary/aromatic N) is 1. The Labute approximate surface area is 233 Å². The van der Waals surface area contributed by atoms with Gasteiger partial charge in [0, 0.05) is 29.9 Å². The number of amides is 2. The van der Waals surface area contributed by atoms with Crippen molar-refractivity contribution in [2.24, 2.45) is 0 Å². The van der Waals surface area contributed by atoms with E-state index in [1.54, 1.807) is 18.2 Å². The summed E-state index contributed by atoms with van der Waals surface area (Å²) in [6, 6.07) is 29.4. The van der Waals surface area contributed by atoms with Crippen LogP contribution in [0.15, 0.2) is 97.1 Å². The van der Waals surface area contributed by atoms with Gasteiger partial charge in [0.2, 0.25) is 0 Å². The lowest BCUT2D eigenvalue weighted by Crippen LogP contribution is -2.25. The van der Waals surface area contributed by atoms with E-state index in [9.17, 15) is 14.0 Å². The van der Waals surface area contributed by atoms with E-state index in [1.807, 2.05) is 68.7 Å². The van der Waals surface area contributed by atoms with Gasteiger partial charge in [0.15, 0.2) is 0 Å². The van der Waals surface area contributed by atoms with Crippen molar-refractivity contribution in [2.75, 3.05) is 31.3 Å². The molecule has 6 nitrogen and oxygen atoms in total. The van der Waals surface area contributed by atoms with Gasteiger partial charge < -0.3 is 20.9 Å². The largest absolute Gasteiger partial charge is 0.354 e. The van der Waals surface area contributed by atoms with Crippen LogP contribution < -0.4 is 16.0 Å². The smallest absolute Gasteiger partial charge is 0.258 e. The highest BCUT2D eigenvalue weighted by Crippen LogP contribution is 2.38. The molecule has 0 atom stereocenters. The van der Waals surface area contributed by atoms with Gasteiger partial charge in [-0.15, -0.1) is 0 Å². The van der Waals surface area contributed by atoms with Gasteiger partial charge in [0.1, 0.15) is 5.82 Å². The zero-order valence-corrected chi connectivity index (χ0v) is 22.5. The summed E-state index contributed by atoms with van der Waals surface area (Å²) in [7, 11) is 4.04. The Morgan fingerprint density at radius 3 is 2.35 bits per heavy atom. The summed E-state index contributed by atoms with van der Waals surface area (Å²) < 4.78 is 13.9. The van der Waals surface area contributed by atoms with Crippen LogP contribution in [0, 0.1) is 5.82 Å². The van der Waals surface area contributed by atoms with Crippen LogP contribution in [0.2, 0.25) is 0 Å². The maximum Gasteiger partial charge on any atom is 0.258 e. The molecule has 0 bridgehead atoms. The highest BCUT2D eigenvalue weighted by molar-refractivity contribution is 6.37. The molecule has 0 aliphatic carbocycles. The maximum atomic E-state index is 13.9. The summed E-state index contributed by atoms with van der Waals surface area (Å²) >= 11 is 0.